The van der Waals surface area contributed by atoms with Gasteiger partial charge in [0.25, 0.3) is 0 Å². The molecular formula is C14H14ClFN2O3S2. The lowest BCUT2D eigenvalue weighted by atomic mass is 10.2. The number of amides is 1. The van der Waals surface area contributed by atoms with Gasteiger partial charge in [0.15, 0.2) is 15.0 Å². The largest absolute Gasteiger partial charge is 0.316 e. The highest BCUT2D eigenvalue weighted by Gasteiger charge is 2.49. The van der Waals surface area contributed by atoms with Crippen molar-refractivity contribution in [2.24, 2.45) is 4.99 Å². The molecule has 0 radical (unpaired) electrons. The lowest BCUT2D eigenvalue weighted by Gasteiger charge is -2.24. The summed E-state index contributed by atoms with van der Waals surface area (Å²) in [4.78, 5) is 17.4. The summed E-state index contributed by atoms with van der Waals surface area (Å²) in [6, 6.07) is 3.84. The Kier molecular flexibility index (Phi) is 4.41. The quantitative estimate of drug-likeness (QED) is 0.793. The Morgan fingerprint density at radius 3 is 2.87 bits per heavy atom. The van der Waals surface area contributed by atoms with Crippen LogP contribution in [0, 0.1) is 5.82 Å². The van der Waals surface area contributed by atoms with Crippen LogP contribution in [0.2, 0.25) is 5.02 Å². The van der Waals surface area contributed by atoms with Crippen molar-refractivity contribution >= 4 is 50.0 Å². The summed E-state index contributed by atoms with van der Waals surface area (Å²) in [5.74, 6) is -0.805. The number of amidine groups is 1. The van der Waals surface area contributed by atoms with E-state index < -0.39 is 15.7 Å². The molecule has 124 valence electrons. The summed E-state index contributed by atoms with van der Waals surface area (Å²) in [6.45, 7) is 1.70. The molecule has 3 rings (SSSR count). The van der Waals surface area contributed by atoms with Crippen molar-refractivity contribution < 1.29 is 17.6 Å². The Balaban J connectivity index is 2.04. The highest BCUT2D eigenvalue weighted by atomic mass is 35.5. The second-order valence-corrected chi connectivity index (χ2v) is 9.18. The van der Waals surface area contributed by atoms with Gasteiger partial charge in [-0.3, -0.25) is 4.79 Å². The number of hydrogen-bond donors (Lipinski definition) is 0. The predicted octanol–water partition coefficient (Wildman–Crippen LogP) is 2.49. The van der Waals surface area contributed by atoms with E-state index in [4.69, 9.17) is 11.6 Å². The molecule has 2 heterocycles. The van der Waals surface area contributed by atoms with Gasteiger partial charge in [-0.2, -0.15) is 4.99 Å². The topological polar surface area (TPSA) is 66.8 Å². The fourth-order valence-electron chi connectivity index (χ4n) is 2.69. The van der Waals surface area contributed by atoms with Crippen molar-refractivity contribution in [1.82, 2.24) is 0 Å². The molecule has 0 aromatic heterocycles. The summed E-state index contributed by atoms with van der Waals surface area (Å²) in [5.41, 5.74) is 0.538. The summed E-state index contributed by atoms with van der Waals surface area (Å²) >= 11 is 7.12. The van der Waals surface area contributed by atoms with Crippen LogP contribution in [0.4, 0.5) is 10.1 Å². The third-order valence-electron chi connectivity index (χ3n) is 3.77. The summed E-state index contributed by atoms with van der Waals surface area (Å²) < 4.78 is 37.2. The van der Waals surface area contributed by atoms with Crippen molar-refractivity contribution in [3.8, 4) is 0 Å². The molecule has 0 saturated carbocycles. The average molecular weight is 377 g/mol. The molecular weight excluding hydrogens is 363 g/mol. The van der Waals surface area contributed by atoms with E-state index in [-0.39, 0.29) is 40.1 Å². The number of halogens is 2. The molecule has 2 atom stereocenters. The van der Waals surface area contributed by atoms with E-state index in [0.717, 1.165) is 0 Å². The van der Waals surface area contributed by atoms with Gasteiger partial charge in [0.2, 0.25) is 5.91 Å². The van der Waals surface area contributed by atoms with E-state index in [1.54, 1.807) is 11.8 Å². The molecule has 2 saturated heterocycles. The maximum absolute atomic E-state index is 13.4. The second kappa shape index (κ2) is 6.07. The van der Waals surface area contributed by atoms with Crippen LogP contribution in [0.1, 0.15) is 13.3 Å². The summed E-state index contributed by atoms with van der Waals surface area (Å²) in [6.07, 6.45) is 0.260. The Morgan fingerprint density at radius 1 is 1.48 bits per heavy atom. The van der Waals surface area contributed by atoms with Crippen LogP contribution in [-0.4, -0.2) is 42.3 Å². The van der Waals surface area contributed by atoms with Crippen molar-refractivity contribution in [2.45, 2.75) is 24.6 Å². The first-order chi connectivity index (χ1) is 10.8. The number of hydrogen-bond acceptors (Lipinski definition) is 4. The number of sulfone groups is 1. The zero-order valence-corrected chi connectivity index (χ0v) is 14.6. The van der Waals surface area contributed by atoms with Gasteiger partial charge in [-0.25, -0.2) is 12.8 Å². The molecule has 1 aromatic rings. The zero-order valence-electron chi connectivity index (χ0n) is 12.2. The number of fused-ring (bicyclic) bond motifs is 1. The van der Waals surface area contributed by atoms with Crippen LogP contribution in [0.25, 0.3) is 0 Å². The Labute approximate surface area is 142 Å². The van der Waals surface area contributed by atoms with E-state index in [2.05, 4.69) is 4.99 Å². The average Bonchev–Trinajstić information content (AvgIpc) is 2.93. The van der Waals surface area contributed by atoms with E-state index in [0.29, 0.717) is 10.9 Å². The Morgan fingerprint density at radius 2 is 2.22 bits per heavy atom. The minimum atomic E-state index is -3.13. The van der Waals surface area contributed by atoms with Gasteiger partial charge in [0.1, 0.15) is 5.82 Å². The molecule has 0 spiro atoms. The maximum Gasteiger partial charge on any atom is 0.247 e. The van der Waals surface area contributed by atoms with Crippen LogP contribution in [0.5, 0.6) is 0 Å². The molecule has 0 bridgehead atoms. The summed E-state index contributed by atoms with van der Waals surface area (Å²) in [5, 5.41) is 0.203. The lowest BCUT2D eigenvalue weighted by molar-refractivity contribution is -0.117. The van der Waals surface area contributed by atoms with Crippen LogP contribution in [-0.2, 0) is 14.6 Å². The predicted molar refractivity (Wildman–Crippen MR) is 90.4 cm³/mol. The number of thioether (sulfide) groups is 1. The summed E-state index contributed by atoms with van der Waals surface area (Å²) in [7, 11) is -3.13. The Hall–Kier alpha value is -1.12. The molecule has 5 nitrogen and oxygen atoms in total. The van der Waals surface area contributed by atoms with E-state index in [1.807, 2.05) is 0 Å². The number of benzene rings is 1. The third kappa shape index (κ3) is 3.25. The lowest BCUT2D eigenvalue weighted by Crippen LogP contribution is -2.37. The molecule has 0 aliphatic carbocycles. The number of anilines is 1. The standard InChI is InChI=1S/C14H14ClFN2O3S2/c1-2-13(19)17-14-18(8-3-4-10(16)9(15)5-8)11-6-23(20,21)7-12(11)22-14/h3-5,11-12H,2,6-7H2,1H3. The van der Waals surface area contributed by atoms with Gasteiger partial charge in [0, 0.05) is 17.4 Å². The molecule has 2 fully saturated rings. The fraction of sp³-hybridized carbons (Fsp3) is 0.429. The molecule has 23 heavy (non-hydrogen) atoms. The molecule has 1 aromatic carbocycles. The molecule has 0 N–H and O–H groups in total. The van der Waals surface area contributed by atoms with Crippen LogP contribution < -0.4 is 4.90 Å². The zero-order chi connectivity index (χ0) is 16.8. The molecule has 2 unspecified atom stereocenters. The maximum atomic E-state index is 13.4. The van der Waals surface area contributed by atoms with E-state index >= 15 is 0 Å². The number of rotatable bonds is 2. The van der Waals surface area contributed by atoms with Gasteiger partial charge in [0.05, 0.1) is 22.6 Å². The van der Waals surface area contributed by atoms with E-state index in [1.165, 1.54) is 30.0 Å². The monoisotopic (exact) mass is 376 g/mol. The minimum Gasteiger partial charge on any atom is -0.316 e. The van der Waals surface area contributed by atoms with Crippen molar-refractivity contribution in [3.63, 3.8) is 0 Å². The first-order valence-corrected chi connectivity index (χ1v) is 10.1. The molecule has 2 aliphatic rings. The molecule has 1 amide bonds. The SMILES string of the molecule is CCC(=O)N=C1SC2CS(=O)(=O)CC2N1c1ccc(F)c(Cl)c1. The van der Waals surface area contributed by atoms with Crippen LogP contribution >= 0.6 is 23.4 Å². The third-order valence-corrected chi connectivity index (χ3v) is 7.27. The first kappa shape index (κ1) is 16.7. The molecule has 2 aliphatic heterocycles. The van der Waals surface area contributed by atoms with Gasteiger partial charge >= 0.3 is 0 Å². The van der Waals surface area contributed by atoms with Crippen molar-refractivity contribution in [3.05, 3.63) is 29.0 Å². The number of carbonyl (C=O) groups is 1. The van der Waals surface area contributed by atoms with Gasteiger partial charge < -0.3 is 4.90 Å². The minimum absolute atomic E-state index is 0.0149. The highest BCUT2D eigenvalue weighted by molar-refractivity contribution is 8.16. The van der Waals surface area contributed by atoms with Gasteiger partial charge in [-0.05, 0) is 18.2 Å². The fourth-order valence-corrected chi connectivity index (χ4v) is 6.79. The highest BCUT2D eigenvalue weighted by Crippen LogP contribution is 2.41. The second-order valence-electron chi connectivity index (χ2n) is 5.41. The van der Waals surface area contributed by atoms with Crippen molar-refractivity contribution in [2.75, 3.05) is 16.4 Å². The van der Waals surface area contributed by atoms with Crippen LogP contribution in [0.15, 0.2) is 23.2 Å². The molecule has 9 heteroatoms. The number of aliphatic imine (C=N–C) groups is 1. The first-order valence-electron chi connectivity index (χ1n) is 7.03. The number of nitrogens with zero attached hydrogens (tertiary/aromatic N) is 2. The number of carbonyl (C=O) groups excluding carboxylic acids is 1. The smallest absolute Gasteiger partial charge is 0.247 e. The van der Waals surface area contributed by atoms with Gasteiger partial charge in [-0.1, -0.05) is 30.3 Å². The van der Waals surface area contributed by atoms with E-state index in [9.17, 15) is 17.6 Å². The van der Waals surface area contributed by atoms with Crippen molar-refractivity contribution in [1.29, 1.82) is 0 Å². The Bertz CT molecular complexity index is 797. The van der Waals surface area contributed by atoms with Crippen LogP contribution in [0.3, 0.4) is 0 Å². The van der Waals surface area contributed by atoms with Gasteiger partial charge in [-0.15, -0.1) is 0 Å². The normalized spacial score (nSPS) is 27.4.